The molecule has 90 valence electrons. The molecule has 0 spiro atoms. The highest BCUT2D eigenvalue weighted by molar-refractivity contribution is 5.78. The van der Waals surface area contributed by atoms with Gasteiger partial charge < -0.3 is 15.6 Å². The first kappa shape index (κ1) is 11.6. The zero-order valence-electron chi connectivity index (χ0n) is 10.0. The highest BCUT2D eigenvalue weighted by Crippen LogP contribution is 2.13. The lowest BCUT2D eigenvalue weighted by Gasteiger charge is -2.04. The molecular weight excluding hydrogens is 216 g/mol. The van der Waals surface area contributed by atoms with Gasteiger partial charge in [-0.1, -0.05) is 6.07 Å². The first-order valence-corrected chi connectivity index (χ1v) is 5.55. The minimum absolute atomic E-state index is 0.00612. The summed E-state index contributed by atoms with van der Waals surface area (Å²) in [7, 11) is 1.75. The molecule has 17 heavy (non-hydrogen) atoms. The Hall–Kier alpha value is -1.88. The Morgan fingerprint density at radius 1 is 1.47 bits per heavy atom. The molecule has 0 bridgehead atoms. The van der Waals surface area contributed by atoms with Crippen molar-refractivity contribution < 1.29 is 4.79 Å². The normalized spacial score (nSPS) is 10.7. The SMILES string of the molecule is CNCC(=O)NCc1ccc2nc(C)[nH]c2c1. The lowest BCUT2D eigenvalue weighted by molar-refractivity contribution is -0.120. The van der Waals surface area contributed by atoms with Crippen molar-refractivity contribution in [2.24, 2.45) is 0 Å². The maximum Gasteiger partial charge on any atom is 0.234 e. The van der Waals surface area contributed by atoms with Crippen LogP contribution in [0.1, 0.15) is 11.4 Å². The number of amides is 1. The summed E-state index contributed by atoms with van der Waals surface area (Å²) in [6.45, 7) is 2.80. The maximum absolute atomic E-state index is 11.3. The standard InChI is InChI=1S/C12H16N4O/c1-8-15-10-4-3-9(5-11(10)16-8)6-14-12(17)7-13-2/h3-5,13H,6-7H2,1-2H3,(H,14,17)(H,15,16). The Morgan fingerprint density at radius 2 is 2.29 bits per heavy atom. The number of nitrogens with zero attached hydrogens (tertiary/aromatic N) is 1. The van der Waals surface area contributed by atoms with Crippen molar-refractivity contribution in [3.63, 3.8) is 0 Å². The average Bonchev–Trinajstić information content (AvgIpc) is 2.66. The van der Waals surface area contributed by atoms with E-state index in [0.717, 1.165) is 22.4 Å². The number of benzene rings is 1. The second kappa shape index (κ2) is 4.97. The maximum atomic E-state index is 11.3. The second-order valence-electron chi connectivity index (χ2n) is 3.98. The quantitative estimate of drug-likeness (QED) is 0.727. The number of likely N-dealkylation sites (N-methyl/N-ethyl adjacent to an activating group) is 1. The van der Waals surface area contributed by atoms with Gasteiger partial charge in [-0.3, -0.25) is 4.79 Å². The molecule has 0 saturated carbocycles. The number of aromatic amines is 1. The van der Waals surface area contributed by atoms with E-state index < -0.39 is 0 Å². The molecule has 0 aliphatic rings. The third-order valence-corrected chi connectivity index (χ3v) is 2.49. The van der Waals surface area contributed by atoms with Crippen molar-refractivity contribution in [2.75, 3.05) is 13.6 Å². The largest absolute Gasteiger partial charge is 0.351 e. The van der Waals surface area contributed by atoms with Crippen LogP contribution in [-0.2, 0) is 11.3 Å². The van der Waals surface area contributed by atoms with Gasteiger partial charge in [-0.05, 0) is 31.7 Å². The number of aryl methyl sites for hydroxylation is 1. The average molecular weight is 232 g/mol. The summed E-state index contributed by atoms with van der Waals surface area (Å²) in [4.78, 5) is 18.8. The Bertz CT molecular complexity index is 532. The fourth-order valence-corrected chi connectivity index (χ4v) is 1.72. The molecule has 1 heterocycles. The Morgan fingerprint density at radius 3 is 3.06 bits per heavy atom. The number of H-pyrrole nitrogens is 1. The molecule has 0 unspecified atom stereocenters. The van der Waals surface area contributed by atoms with Gasteiger partial charge in [0, 0.05) is 6.54 Å². The topological polar surface area (TPSA) is 69.8 Å². The van der Waals surface area contributed by atoms with Crippen LogP contribution in [0.3, 0.4) is 0 Å². The molecule has 2 rings (SSSR count). The van der Waals surface area contributed by atoms with Gasteiger partial charge in [-0.15, -0.1) is 0 Å². The van der Waals surface area contributed by atoms with Gasteiger partial charge in [0.15, 0.2) is 0 Å². The van der Waals surface area contributed by atoms with Crippen LogP contribution in [0, 0.1) is 6.92 Å². The number of rotatable bonds is 4. The predicted octanol–water partition coefficient (Wildman–Crippen LogP) is 0.707. The van der Waals surface area contributed by atoms with E-state index in [-0.39, 0.29) is 5.91 Å². The number of carbonyl (C=O) groups is 1. The summed E-state index contributed by atoms with van der Waals surface area (Å²) in [5.74, 6) is 0.893. The number of carbonyl (C=O) groups excluding carboxylic acids is 1. The van der Waals surface area contributed by atoms with E-state index in [0.29, 0.717) is 13.1 Å². The van der Waals surface area contributed by atoms with Crippen LogP contribution < -0.4 is 10.6 Å². The van der Waals surface area contributed by atoms with E-state index in [2.05, 4.69) is 20.6 Å². The van der Waals surface area contributed by atoms with Crippen molar-refractivity contribution in [1.29, 1.82) is 0 Å². The lowest BCUT2D eigenvalue weighted by Crippen LogP contribution is -2.31. The summed E-state index contributed by atoms with van der Waals surface area (Å²) in [6, 6.07) is 5.94. The minimum Gasteiger partial charge on any atom is -0.351 e. The molecule has 1 aromatic carbocycles. The highest BCUT2D eigenvalue weighted by atomic mass is 16.1. The summed E-state index contributed by atoms with van der Waals surface area (Å²) < 4.78 is 0. The number of fused-ring (bicyclic) bond motifs is 1. The molecular formula is C12H16N4O. The van der Waals surface area contributed by atoms with E-state index >= 15 is 0 Å². The summed E-state index contributed by atoms with van der Waals surface area (Å²) in [5, 5.41) is 5.64. The monoisotopic (exact) mass is 232 g/mol. The molecule has 0 fully saturated rings. The molecule has 1 aromatic heterocycles. The van der Waals surface area contributed by atoms with Crippen LogP contribution >= 0.6 is 0 Å². The van der Waals surface area contributed by atoms with E-state index in [4.69, 9.17) is 0 Å². The Labute approximate surface area is 99.6 Å². The second-order valence-corrected chi connectivity index (χ2v) is 3.98. The van der Waals surface area contributed by atoms with Crippen molar-refractivity contribution in [1.82, 2.24) is 20.6 Å². The number of nitrogens with one attached hydrogen (secondary N) is 3. The van der Waals surface area contributed by atoms with Gasteiger partial charge in [0.1, 0.15) is 5.82 Å². The van der Waals surface area contributed by atoms with Crippen LogP contribution in [0.4, 0.5) is 0 Å². The van der Waals surface area contributed by atoms with Crippen LogP contribution in [0.2, 0.25) is 0 Å². The van der Waals surface area contributed by atoms with Gasteiger partial charge in [-0.25, -0.2) is 4.98 Å². The number of imidazole rings is 1. The number of hydrogen-bond acceptors (Lipinski definition) is 3. The summed E-state index contributed by atoms with van der Waals surface area (Å²) in [6.07, 6.45) is 0. The van der Waals surface area contributed by atoms with Crippen molar-refractivity contribution in [3.05, 3.63) is 29.6 Å². The first-order chi connectivity index (χ1) is 8.19. The van der Waals surface area contributed by atoms with E-state index in [1.807, 2.05) is 25.1 Å². The van der Waals surface area contributed by atoms with Gasteiger partial charge >= 0.3 is 0 Å². The van der Waals surface area contributed by atoms with Gasteiger partial charge in [-0.2, -0.15) is 0 Å². The van der Waals surface area contributed by atoms with E-state index in [1.165, 1.54) is 0 Å². The fraction of sp³-hybridized carbons (Fsp3) is 0.333. The summed E-state index contributed by atoms with van der Waals surface area (Å²) in [5.41, 5.74) is 3.02. The molecule has 0 atom stereocenters. The first-order valence-electron chi connectivity index (χ1n) is 5.55. The van der Waals surface area contributed by atoms with E-state index in [9.17, 15) is 4.79 Å². The predicted molar refractivity (Wildman–Crippen MR) is 66.6 cm³/mol. The van der Waals surface area contributed by atoms with E-state index in [1.54, 1.807) is 7.05 Å². The fourth-order valence-electron chi connectivity index (χ4n) is 1.72. The lowest BCUT2D eigenvalue weighted by atomic mass is 10.2. The molecule has 3 N–H and O–H groups in total. The molecule has 0 saturated heterocycles. The zero-order chi connectivity index (χ0) is 12.3. The third-order valence-electron chi connectivity index (χ3n) is 2.49. The molecule has 2 aromatic rings. The third kappa shape index (κ3) is 2.82. The smallest absolute Gasteiger partial charge is 0.234 e. The van der Waals surface area contributed by atoms with Crippen molar-refractivity contribution in [3.8, 4) is 0 Å². The number of aromatic nitrogens is 2. The van der Waals surface area contributed by atoms with Crippen molar-refractivity contribution >= 4 is 16.9 Å². The van der Waals surface area contributed by atoms with Crippen LogP contribution in [0.5, 0.6) is 0 Å². The minimum atomic E-state index is -0.00612. The van der Waals surface area contributed by atoms with Crippen LogP contribution in [0.15, 0.2) is 18.2 Å². The Kier molecular flexibility index (Phi) is 3.39. The molecule has 1 amide bonds. The summed E-state index contributed by atoms with van der Waals surface area (Å²) >= 11 is 0. The molecule has 5 heteroatoms. The van der Waals surface area contributed by atoms with Gasteiger partial charge in [0.05, 0.1) is 17.6 Å². The number of hydrogen-bond donors (Lipinski definition) is 3. The van der Waals surface area contributed by atoms with Crippen molar-refractivity contribution in [2.45, 2.75) is 13.5 Å². The zero-order valence-corrected chi connectivity index (χ0v) is 10.0. The molecule has 5 nitrogen and oxygen atoms in total. The van der Waals surface area contributed by atoms with Gasteiger partial charge in [0.2, 0.25) is 5.91 Å². The molecule has 0 radical (unpaired) electrons. The van der Waals surface area contributed by atoms with Gasteiger partial charge in [0.25, 0.3) is 0 Å². The van der Waals surface area contributed by atoms with Crippen LogP contribution in [0.25, 0.3) is 11.0 Å². The Balaban J connectivity index is 2.06. The molecule has 0 aliphatic heterocycles. The highest BCUT2D eigenvalue weighted by Gasteiger charge is 2.02. The van der Waals surface area contributed by atoms with Crippen LogP contribution in [-0.4, -0.2) is 29.5 Å². The molecule has 0 aliphatic carbocycles.